The molecule has 4 rings (SSSR count). The van der Waals surface area contributed by atoms with Gasteiger partial charge in [-0.15, -0.1) is 11.3 Å². The quantitative estimate of drug-likeness (QED) is 0.322. The number of halogens is 1. The molecule has 5 heteroatoms. The van der Waals surface area contributed by atoms with Crippen molar-refractivity contribution in [2.45, 2.75) is 46.1 Å². The van der Waals surface area contributed by atoms with Gasteiger partial charge < -0.3 is 0 Å². The van der Waals surface area contributed by atoms with E-state index in [-0.39, 0.29) is 11.0 Å². The second kappa shape index (κ2) is 8.12. The summed E-state index contributed by atoms with van der Waals surface area (Å²) in [6.45, 7) is 9.26. The molecule has 0 saturated heterocycles. The lowest BCUT2D eigenvalue weighted by atomic mass is 9.87. The van der Waals surface area contributed by atoms with Gasteiger partial charge in [0.2, 0.25) is 0 Å². The van der Waals surface area contributed by atoms with Crippen LogP contribution in [-0.2, 0) is 18.4 Å². The molecule has 154 valence electrons. The number of rotatable bonds is 4. The minimum Gasteiger partial charge on any atom is -0.294 e. The number of hydrogen-bond donors (Lipinski definition) is 0. The maximum Gasteiger partial charge on any atom is 0.263 e. The molecule has 0 spiro atoms. The summed E-state index contributed by atoms with van der Waals surface area (Å²) in [5, 5.41) is 0.730. The van der Waals surface area contributed by atoms with E-state index in [1.54, 1.807) is 22.2 Å². The van der Waals surface area contributed by atoms with Crippen molar-refractivity contribution in [1.82, 2.24) is 9.55 Å². The highest BCUT2D eigenvalue weighted by molar-refractivity contribution is 9.10. The van der Waals surface area contributed by atoms with Crippen LogP contribution in [0.15, 0.2) is 64.1 Å². The Morgan fingerprint density at radius 1 is 1.03 bits per heavy atom. The van der Waals surface area contributed by atoms with Crippen LogP contribution in [0, 0.1) is 0 Å². The van der Waals surface area contributed by atoms with Crippen molar-refractivity contribution in [3.8, 4) is 11.1 Å². The molecule has 30 heavy (non-hydrogen) atoms. The molecule has 4 aromatic rings. The molecule has 0 aliphatic rings. The Balaban J connectivity index is 1.79. The van der Waals surface area contributed by atoms with Crippen molar-refractivity contribution in [1.29, 1.82) is 0 Å². The molecular formula is C25H25BrN2OS. The van der Waals surface area contributed by atoms with Crippen LogP contribution in [0.3, 0.4) is 0 Å². The van der Waals surface area contributed by atoms with Crippen LogP contribution in [0.2, 0.25) is 0 Å². The molecule has 0 radical (unpaired) electrons. The topological polar surface area (TPSA) is 34.9 Å². The van der Waals surface area contributed by atoms with E-state index in [0.29, 0.717) is 6.54 Å². The van der Waals surface area contributed by atoms with Gasteiger partial charge in [-0.05, 0) is 40.7 Å². The lowest BCUT2D eigenvalue weighted by Gasteiger charge is -2.19. The number of benzene rings is 2. The van der Waals surface area contributed by atoms with Gasteiger partial charge in [-0.25, -0.2) is 4.98 Å². The van der Waals surface area contributed by atoms with E-state index in [0.717, 1.165) is 37.8 Å². The Bertz CT molecular complexity index is 1250. The zero-order valence-corrected chi connectivity index (χ0v) is 20.1. The van der Waals surface area contributed by atoms with Gasteiger partial charge in [0.15, 0.2) is 0 Å². The van der Waals surface area contributed by atoms with E-state index >= 15 is 0 Å². The van der Waals surface area contributed by atoms with Crippen molar-refractivity contribution < 1.29 is 0 Å². The minimum absolute atomic E-state index is 0.0220. The first kappa shape index (κ1) is 21.0. The molecule has 0 aliphatic heterocycles. The van der Waals surface area contributed by atoms with E-state index < -0.39 is 0 Å². The Morgan fingerprint density at radius 3 is 2.30 bits per heavy atom. The monoisotopic (exact) mass is 480 g/mol. The molecular weight excluding hydrogens is 456 g/mol. The van der Waals surface area contributed by atoms with Crippen LogP contribution < -0.4 is 5.56 Å². The predicted molar refractivity (Wildman–Crippen MR) is 131 cm³/mol. The van der Waals surface area contributed by atoms with Gasteiger partial charge in [0.05, 0.1) is 18.3 Å². The number of aromatic nitrogens is 2. The summed E-state index contributed by atoms with van der Waals surface area (Å²) in [5.41, 5.74) is 4.61. The second-order valence-electron chi connectivity index (χ2n) is 8.57. The highest BCUT2D eigenvalue weighted by Gasteiger charge is 2.18. The molecule has 0 amide bonds. The third-order valence-electron chi connectivity index (χ3n) is 5.38. The summed E-state index contributed by atoms with van der Waals surface area (Å²) in [4.78, 5) is 20.1. The third-order valence-corrected chi connectivity index (χ3v) is 7.15. The zero-order valence-electron chi connectivity index (χ0n) is 17.7. The average Bonchev–Trinajstić information content (AvgIpc) is 3.10. The average molecular weight is 481 g/mol. The van der Waals surface area contributed by atoms with Crippen LogP contribution >= 0.6 is 27.3 Å². The van der Waals surface area contributed by atoms with E-state index in [2.05, 4.69) is 85.0 Å². The summed E-state index contributed by atoms with van der Waals surface area (Å²) in [6.07, 6.45) is 2.56. The molecule has 2 heterocycles. The van der Waals surface area contributed by atoms with Crippen molar-refractivity contribution in [2.24, 2.45) is 0 Å². The van der Waals surface area contributed by atoms with Gasteiger partial charge in [-0.2, -0.15) is 0 Å². The van der Waals surface area contributed by atoms with E-state index in [1.165, 1.54) is 10.4 Å². The molecule has 0 N–H and O–H groups in total. The number of fused-ring (bicyclic) bond motifs is 1. The number of thiophene rings is 1. The smallest absolute Gasteiger partial charge is 0.263 e. The summed E-state index contributed by atoms with van der Waals surface area (Å²) >= 11 is 5.12. The number of hydrogen-bond acceptors (Lipinski definition) is 3. The Kier molecular flexibility index (Phi) is 5.69. The van der Waals surface area contributed by atoms with Crippen molar-refractivity contribution in [3.05, 3.63) is 85.7 Å². The fraction of sp³-hybridized carbons (Fsp3) is 0.280. The zero-order chi connectivity index (χ0) is 21.5. The van der Waals surface area contributed by atoms with Crippen LogP contribution in [0.1, 0.15) is 43.7 Å². The van der Waals surface area contributed by atoms with Gasteiger partial charge in [-0.3, -0.25) is 9.36 Å². The van der Waals surface area contributed by atoms with Crippen molar-refractivity contribution >= 4 is 37.5 Å². The summed E-state index contributed by atoms with van der Waals surface area (Å²) < 4.78 is 2.75. The first-order valence-corrected chi connectivity index (χ1v) is 11.7. The first-order valence-electron chi connectivity index (χ1n) is 10.1. The number of aryl methyl sites for hydroxylation is 1. The lowest BCUT2D eigenvalue weighted by molar-refractivity contribution is 0.589. The van der Waals surface area contributed by atoms with Gasteiger partial charge >= 0.3 is 0 Å². The Labute approximate surface area is 189 Å². The van der Waals surface area contributed by atoms with Crippen LogP contribution in [0.25, 0.3) is 21.3 Å². The minimum atomic E-state index is 0.0220. The SMILES string of the molecule is CCc1sc2ncn(Cc3ccc(C(C)(C)C)cc3)c(=O)c2c1-c1ccc(Br)cc1. The maximum absolute atomic E-state index is 13.5. The van der Waals surface area contributed by atoms with Gasteiger partial charge in [0.1, 0.15) is 4.83 Å². The first-order chi connectivity index (χ1) is 14.3. The van der Waals surface area contributed by atoms with E-state index in [1.807, 2.05) is 12.1 Å². The molecule has 0 unspecified atom stereocenters. The van der Waals surface area contributed by atoms with Crippen molar-refractivity contribution in [2.75, 3.05) is 0 Å². The largest absolute Gasteiger partial charge is 0.294 e. The van der Waals surface area contributed by atoms with E-state index in [9.17, 15) is 4.79 Å². The summed E-state index contributed by atoms with van der Waals surface area (Å²) in [7, 11) is 0. The Morgan fingerprint density at radius 2 is 1.70 bits per heavy atom. The van der Waals surface area contributed by atoms with Gasteiger partial charge in [0.25, 0.3) is 5.56 Å². The van der Waals surface area contributed by atoms with Crippen LogP contribution in [-0.4, -0.2) is 9.55 Å². The van der Waals surface area contributed by atoms with Crippen LogP contribution in [0.4, 0.5) is 0 Å². The molecule has 0 atom stereocenters. The molecule has 2 aromatic carbocycles. The maximum atomic E-state index is 13.5. The molecule has 0 aliphatic carbocycles. The summed E-state index contributed by atoms with van der Waals surface area (Å²) in [6, 6.07) is 16.7. The van der Waals surface area contributed by atoms with Gasteiger partial charge in [-0.1, -0.05) is 80.0 Å². The normalized spacial score (nSPS) is 11.9. The number of nitrogens with zero attached hydrogens (tertiary/aromatic N) is 2. The molecule has 0 bridgehead atoms. The standard InChI is InChI=1S/C25H25BrN2OS/c1-5-20-21(17-8-12-19(26)13-9-17)22-23(30-20)27-15-28(24(22)29)14-16-6-10-18(11-7-16)25(2,3)4/h6-13,15H,5,14H2,1-4H3. The molecule has 3 nitrogen and oxygen atoms in total. The predicted octanol–water partition coefficient (Wildman–Crippen LogP) is 6.80. The lowest BCUT2D eigenvalue weighted by Crippen LogP contribution is -2.21. The fourth-order valence-electron chi connectivity index (χ4n) is 3.66. The highest BCUT2D eigenvalue weighted by Crippen LogP contribution is 2.37. The van der Waals surface area contributed by atoms with E-state index in [4.69, 9.17) is 0 Å². The molecule has 2 aromatic heterocycles. The van der Waals surface area contributed by atoms with Gasteiger partial charge in [0, 0.05) is 14.9 Å². The Hall–Kier alpha value is -2.24. The molecule has 0 fully saturated rings. The van der Waals surface area contributed by atoms with Crippen molar-refractivity contribution in [3.63, 3.8) is 0 Å². The highest BCUT2D eigenvalue weighted by atomic mass is 79.9. The van der Waals surface area contributed by atoms with Crippen LogP contribution in [0.5, 0.6) is 0 Å². The third kappa shape index (κ3) is 4.01. The summed E-state index contributed by atoms with van der Waals surface area (Å²) in [5.74, 6) is 0. The molecule has 0 saturated carbocycles. The second-order valence-corrected chi connectivity index (χ2v) is 10.6. The fourth-order valence-corrected chi connectivity index (χ4v) is 5.02.